The molecule has 0 atom stereocenters. The lowest BCUT2D eigenvalue weighted by Gasteiger charge is -2.02. The Balaban J connectivity index is 1.98. The molecule has 0 N–H and O–H groups in total. The number of carbonyl (C=O) groups excluding carboxylic acids is 1. The second-order valence-electron chi connectivity index (χ2n) is 4.06. The van der Waals surface area contributed by atoms with E-state index in [2.05, 4.69) is 0 Å². The number of benzene rings is 2. The molecule has 18 heavy (non-hydrogen) atoms. The predicted molar refractivity (Wildman–Crippen MR) is 75.6 cm³/mol. The largest absolute Gasteiger partial charge is 0.294 e. The van der Waals surface area contributed by atoms with Crippen LogP contribution in [0.15, 0.2) is 48.5 Å². The highest BCUT2D eigenvalue weighted by molar-refractivity contribution is 6.30. The second-order valence-corrected chi connectivity index (χ2v) is 4.93. The van der Waals surface area contributed by atoms with Crippen molar-refractivity contribution in [3.8, 4) is 0 Å². The average Bonchev–Trinajstić information content (AvgIpc) is 2.37. The van der Waals surface area contributed by atoms with Crippen LogP contribution >= 0.6 is 23.2 Å². The first-order valence-electron chi connectivity index (χ1n) is 5.68. The van der Waals surface area contributed by atoms with Gasteiger partial charge >= 0.3 is 0 Å². The van der Waals surface area contributed by atoms with Gasteiger partial charge in [-0.1, -0.05) is 35.3 Å². The minimum Gasteiger partial charge on any atom is -0.294 e. The monoisotopic (exact) mass is 278 g/mol. The van der Waals surface area contributed by atoms with Crippen LogP contribution in [0.2, 0.25) is 10.0 Å². The van der Waals surface area contributed by atoms with Gasteiger partial charge in [-0.15, -0.1) is 0 Å². The number of carbonyl (C=O) groups is 1. The summed E-state index contributed by atoms with van der Waals surface area (Å²) in [6.45, 7) is 0. The quantitative estimate of drug-likeness (QED) is 0.734. The van der Waals surface area contributed by atoms with Gasteiger partial charge in [0.2, 0.25) is 0 Å². The Kier molecular flexibility index (Phi) is 4.40. The molecule has 2 aromatic carbocycles. The van der Waals surface area contributed by atoms with E-state index < -0.39 is 0 Å². The fraction of sp³-hybridized carbons (Fsp3) is 0.133. The van der Waals surface area contributed by atoms with E-state index in [1.807, 2.05) is 24.3 Å². The molecule has 2 aromatic rings. The summed E-state index contributed by atoms with van der Waals surface area (Å²) in [5.74, 6) is 0.117. The number of halogens is 2. The maximum atomic E-state index is 11.9. The first kappa shape index (κ1) is 13.1. The van der Waals surface area contributed by atoms with E-state index >= 15 is 0 Å². The van der Waals surface area contributed by atoms with Crippen LogP contribution in [0.1, 0.15) is 22.3 Å². The molecule has 0 bridgehead atoms. The van der Waals surface area contributed by atoms with Crippen molar-refractivity contribution in [2.75, 3.05) is 0 Å². The third-order valence-corrected chi connectivity index (χ3v) is 3.18. The molecule has 2 rings (SSSR count). The summed E-state index contributed by atoms with van der Waals surface area (Å²) in [6, 6.07) is 14.5. The first-order chi connectivity index (χ1) is 8.65. The van der Waals surface area contributed by atoms with Gasteiger partial charge in [0.15, 0.2) is 5.78 Å². The molecule has 0 aliphatic carbocycles. The molecule has 92 valence electrons. The van der Waals surface area contributed by atoms with Crippen molar-refractivity contribution in [3.05, 3.63) is 69.7 Å². The predicted octanol–water partition coefficient (Wildman–Crippen LogP) is 4.81. The van der Waals surface area contributed by atoms with E-state index in [-0.39, 0.29) is 5.78 Å². The van der Waals surface area contributed by atoms with Crippen molar-refractivity contribution in [1.82, 2.24) is 0 Å². The Morgan fingerprint density at radius 2 is 1.67 bits per heavy atom. The summed E-state index contributed by atoms with van der Waals surface area (Å²) < 4.78 is 0. The van der Waals surface area contributed by atoms with Gasteiger partial charge in [-0.2, -0.15) is 0 Å². The Morgan fingerprint density at radius 1 is 0.944 bits per heavy atom. The van der Waals surface area contributed by atoms with E-state index in [1.165, 1.54) is 0 Å². The molecular formula is C15H12Cl2O. The fourth-order valence-electron chi connectivity index (χ4n) is 1.73. The molecule has 0 radical (unpaired) electrons. The van der Waals surface area contributed by atoms with Crippen molar-refractivity contribution in [1.29, 1.82) is 0 Å². The van der Waals surface area contributed by atoms with Gasteiger partial charge in [0.1, 0.15) is 0 Å². The second kappa shape index (κ2) is 6.03. The van der Waals surface area contributed by atoms with Gasteiger partial charge in [-0.3, -0.25) is 4.79 Å². The molecule has 0 aliphatic rings. The third-order valence-electron chi connectivity index (χ3n) is 2.70. The zero-order valence-corrected chi connectivity index (χ0v) is 11.2. The van der Waals surface area contributed by atoms with Crippen molar-refractivity contribution in [2.24, 2.45) is 0 Å². The Labute approximate surface area is 116 Å². The van der Waals surface area contributed by atoms with Crippen molar-refractivity contribution in [3.63, 3.8) is 0 Å². The topological polar surface area (TPSA) is 17.1 Å². The van der Waals surface area contributed by atoms with Gasteiger partial charge in [0.05, 0.1) is 0 Å². The van der Waals surface area contributed by atoms with E-state index in [0.717, 1.165) is 5.56 Å². The Morgan fingerprint density at radius 3 is 2.33 bits per heavy atom. The van der Waals surface area contributed by atoms with Gasteiger partial charge < -0.3 is 0 Å². The molecule has 0 saturated heterocycles. The number of ketones is 1. The molecule has 0 aromatic heterocycles. The lowest BCUT2D eigenvalue weighted by atomic mass is 10.0. The molecule has 0 fully saturated rings. The maximum Gasteiger partial charge on any atom is 0.163 e. The molecule has 0 amide bonds. The van der Waals surface area contributed by atoms with E-state index in [4.69, 9.17) is 23.2 Å². The summed E-state index contributed by atoms with van der Waals surface area (Å²) in [4.78, 5) is 11.9. The van der Waals surface area contributed by atoms with Crippen molar-refractivity contribution in [2.45, 2.75) is 12.8 Å². The molecular weight excluding hydrogens is 267 g/mol. The van der Waals surface area contributed by atoms with Crippen LogP contribution in [0.3, 0.4) is 0 Å². The zero-order valence-electron chi connectivity index (χ0n) is 9.70. The van der Waals surface area contributed by atoms with Crippen LogP contribution in [-0.4, -0.2) is 5.78 Å². The van der Waals surface area contributed by atoms with Crippen LogP contribution in [0.25, 0.3) is 0 Å². The number of hydrogen-bond donors (Lipinski definition) is 0. The summed E-state index contributed by atoms with van der Waals surface area (Å²) in [5, 5.41) is 1.34. The molecule has 0 spiro atoms. The molecule has 0 heterocycles. The molecule has 1 nitrogen and oxygen atoms in total. The smallest absolute Gasteiger partial charge is 0.163 e. The molecule has 0 saturated carbocycles. The van der Waals surface area contributed by atoms with Crippen LogP contribution in [-0.2, 0) is 6.42 Å². The minimum atomic E-state index is 0.117. The highest BCUT2D eigenvalue weighted by Gasteiger charge is 2.06. The normalized spacial score (nSPS) is 10.3. The van der Waals surface area contributed by atoms with E-state index in [9.17, 15) is 4.79 Å². The number of Topliss-reactive ketones (excluding diaryl/α,β-unsaturated/α-hetero) is 1. The third kappa shape index (κ3) is 3.59. The first-order valence-corrected chi connectivity index (χ1v) is 6.44. The summed E-state index contributed by atoms with van der Waals surface area (Å²) in [7, 11) is 0. The Hall–Kier alpha value is -1.31. The average molecular weight is 279 g/mol. The standard InChI is InChI=1S/C15H12Cl2O/c16-13-7-5-12(6-8-13)15(18)9-4-11-2-1-3-14(17)10-11/h1-3,5-8,10H,4,9H2. The summed E-state index contributed by atoms with van der Waals surface area (Å²) in [6.07, 6.45) is 1.17. The zero-order chi connectivity index (χ0) is 13.0. The molecule has 3 heteroatoms. The number of hydrogen-bond acceptors (Lipinski definition) is 1. The van der Waals surface area contributed by atoms with Gasteiger partial charge in [0.25, 0.3) is 0 Å². The number of aryl methyl sites for hydroxylation is 1. The SMILES string of the molecule is O=C(CCc1cccc(Cl)c1)c1ccc(Cl)cc1. The van der Waals surface area contributed by atoms with Gasteiger partial charge in [0, 0.05) is 22.0 Å². The van der Waals surface area contributed by atoms with E-state index in [1.54, 1.807) is 24.3 Å². The Bertz CT molecular complexity index is 547. The van der Waals surface area contributed by atoms with Crippen LogP contribution in [0.5, 0.6) is 0 Å². The fourth-order valence-corrected chi connectivity index (χ4v) is 2.07. The highest BCUT2D eigenvalue weighted by atomic mass is 35.5. The summed E-state index contributed by atoms with van der Waals surface area (Å²) in [5.41, 5.74) is 1.77. The van der Waals surface area contributed by atoms with E-state index in [0.29, 0.717) is 28.5 Å². The lowest BCUT2D eigenvalue weighted by Crippen LogP contribution is -2.00. The van der Waals surface area contributed by atoms with Crippen LogP contribution in [0.4, 0.5) is 0 Å². The van der Waals surface area contributed by atoms with Crippen LogP contribution < -0.4 is 0 Å². The molecule has 0 aliphatic heterocycles. The van der Waals surface area contributed by atoms with Crippen LogP contribution in [0, 0.1) is 0 Å². The number of rotatable bonds is 4. The maximum absolute atomic E-state index is 11.9. The van der Waals surface area contributed by atoms with Gasteiger partial charge in [-0.25, -0.2) is 0 Å². The summed E-state index contributed by atoms with van der Waals surface area (Å²) >= 11 is 11.7. The minimum absolute atomic E-state index is 0.117. The highest BCUT2D eigenvalue weighted by Crippen LogP contribution is 2.15. The lowest BCUT2D eigenvalue weighted by molar-refractivity contribution is 0.0983. The van der Waals surface area contributed by atoms with Gasteiger partial charge in [-0.05, 0) is 48.4 Å². The van der Waals surface area contributed by atoms with Crippen molar-refractivity contribution < 1.29 is 4.79 Å². The van der Waals surface area contributed by atoms with Crippen molar-refractivity contribution >= 4 is 29.0 Å². The molecule has 0 unspecified atom stereocenters.